The molecule has 0 bridgehead atoms. The van der Waals surface area contributed by atoms with Gasteiger partial charge in [-0.1, -0.05) is 19.9 Å². The lowest BCUT2D eigenvalue weighted by Crippen LogP contribution is -2.28. The van der Waals surface area contributed by atoms with E-state index in [-0.39, 0.29) is 12.5 Å². The Hall–Kier alpha value is -1.00. The predicted octanol–water partition coefficient (Wildman–Crippen LogP) is 2.32. The molecule has 0 aliphatic heterocycles. The minimum absolute atomic E-state index is 0.108. The van der Waals surface area contributed by atoms with Gasteiger partial charge in [0.25, 0.3) is 0 Å². The molecule has 0 spiro atoms. The zero-order chi connectivity index (χ0) is 12.8. The summed E-state index contributed by atoms with van der Waals surface area (Å²) in [6.07, 6.45) is 0. The molecule has 0 fully saturated rings. The first-order chi connectivity index (χ1) is 8.04. The van der Waals surface area contributed by atoms with Crippen LogP contribution in [0.1, 0.15) is 19.4 Å². The van der Waals surface area contributed by atoms with Crippen LogP contribution in [0.4, 0.5) is 8.78 Å². The minimum Gasteiger partial charge on any atom is -0.396 e. The number of nitrogens with one attached hydrogen (secondary N) is 1. The summed E-state index contributed by atoms with van der Waals surface area (Å²) < 4.78 is 26.0. The second-order valence-corrected chi connectivity index (χ2v) is 4.55. The smallest absolute Gasteiger partial charge is 0.130 e. The molecule has 0 radical (unpaired) electrons. The van der Waals surface area contributed by atoms with E-state index in [1.54, 1.807) is 0 Å². The van der Waals surface area contributed by atoms with E-state index < -0.39 is 11.6 Å². The van der Waals surface area contributed by atoms with Gasteiger partial charge in [0.1, 0.15) is 11.6 Å². The zero-order valence-electron chi connectivity index (χ0n) is 10.2. The Bertz CT molecular complexity index is 355. The van der Waals surface area contributed by atoms with Crippen molar-refractivity contribution in [2.75, 3.05) is 13.2 Å². The molecule has 1 unspecified atom stereocenters. The quantitative estimate of drug-likeness (QED) is 0.803. The molecule has 1 atom stereocenters. The van der Waals surface area contributed by atoms with Crippen LogP contribution < -0.4 is 5.32 Å². The molecular weight excluding hydrogens is 224 g/mol. The monoisotopic (exact) mass is 243 g/mol. The van der Waals surface area contributed by atoms with Gasteiger partial charge >= 0.3 is 0 Å². The van der Waals surface area contributed by atoms with E-state index in [0.29, 0.717) is 24.6 Å². The number of benzene rings is 1. The molecule has 2 nitrogen and oxygen atoms in total. The highest BCUT2D eigenvalue weighted by atomic mass is 19.1. The Balaban J connectivity index is 2.45. The first-order valence-electron chi connectivity index (χ1n) is 5.80. The van der Waals surface area contributed by atoms with Crippen molar-refractivity contribution in [1.82, 2.24) is 5.32 Å². The molecule has 2 N–H and O–H groups in total. The summed E-state index contributed by atoms with van der Waals surface area (Å²) >= 11 is 0. The first-order valence-corrected chi connectivity index (χ1v) is 5.80. The van der Waals surface area contributed by atoms with Crippen molar-refractivity contribution in [3.05, 3.63) is 35.4 Å². The van der Waals surface area contributed by atoms with Gasteiger partial charge in [0.05, 0.1) is 0 Å². The van der Waals surface area contributed by atoms with Gasteiger partial charge in [0.2, 0.25) is 0 Å². The second-order valence-electron chi connectivity index (χ2n) is 4.55. The molecule has 1 aromatic rings. The predicted molar refractivity (Wildman–Crippen MR) is 63.5 cm³/mol. The molecule has 17 heavy (non-hydrogen) atoms. The van der Waals surface area contributed by atoms with Crippen LogP contribution in [0.3, 0.4) is 0 Å². The Morgan fingerprint density at radius 1 is 1.29 bits per heavy atom. The van der Waals surface area contributed by atoms with Crippen molar-refractivity contribution in [3.63, 3.8) is 0 Å². The van der Waals surface area contributed by atoms with Crippen molar-refractivity contribution in [1.29, 1.82) is 0 Å². The average molecular weight is 243 g/mol. The topological polar surface area (TPSA) is 32.3 Å². The summed E-state index contributed by atoms with van der Waals surface area (Å²) in [6, 6.07) is 3.55. The third-order valence-electron chi connectivity index (χ3n) is 2.91. The summed E-state index contributed by atoms with van der Waals surface area (Å²) in [4.78, 5) is 0. The summed E-state index contributed by atoms with van der Waals surface area (Å²) in [5.41, 5.74) is 0.437. The van der Waals surface area contributed by atoms with Gasteiger partial charge < -0.3 is 10.4 Å². The van der Waals surface area contributed by atoms with Gasteiger partial charge in [-0.05, 0) is 17.9 Å². The molecule has 0 saturated heterocycles. The third-order valence-corrected chi connectivity index (χ3v) is 2.91. The van der Waals surface area contributed by atoms with E-state index in [4.69, 9.17) is 5.11 Å². The van der Waals surface area contributed by atoms with Crippen molar-refractivity contribution in [3.8, 4) is 0 Å². The normalized spacial score (nSPS) is 13.1. The molecule has 0 aliphatic carbocycles. The van der Waals surface area contributed by atoms with Crippen LogP contribution in [-0.2, 0) is 6.54 Å². The molecular formula is C13H19F2NO. The highest BCUT2D eigenvalue weighted by Crippen LogP contribution is 2.11. The van der Waals surface area contributed by atoms with Crippen molar-refractivity contribution in [2.24, 2.45) is 11.8 Å². The molecule has 96 valence electrons. The number of rotatable bonds is 6. The number of aliphatic hydroxyl groups is 1. The van der Waals surface area contributed by atoms with E-state index in [1.165, 1.54) is 12.1 Å². The number of halogens is 2. The molecule has 0 saturated carbocycles. The summed E-state index contributed by atoms with van der Waals surface area (Å²) in [5, 5.41) is 12.2. The lowest BCUT2D eigenvalue weighted by molar-refractivity contribution is 0.186. The minimum atomic E-state index is -0.568. The van der Waals surface area contributed by atoms with Crippen LogP contribution in [0.25, 0.3) is 0 Å². The SMILES string of the molecule is CC(C)C(CO)CNCc1ccc(F)cc1F. The summed E-state index contributed by atoms with van der Waals surface area (Å²) in [6.45, 7) is 5.12. The lowest BCUT2D eigenvalue weighted by Gasteiger charge is -2.18. The fourth-order valence-electron chi connectivity index (χ4n) is 1.57. The van der Waals surface area contributed by atoms with Gasteiger partial charge in [-0.15, -0.1) is 0 Å². The highest BCUT2D eigenvalue weighted by Gasteiger charge is 2.11. The maximum atomic E-state index is 13.3. The zero-order valence-corrected chi connectivity index (χ0v) is 10.2. The van der Waals surface area contributed by atoms with E-state index in [2.05, 4.69) is 5.32 Å². The highest BCUT2D eigenvalue weighted by molar-refractivity contribution is 5.18. The van der Waals surface area contributed by atoms with E-state index in [0.717, 1.165) is 6.07 Å². The molecule has 0 aromatic heterocycles. The summed E-state index contributed by atoms with van der Waals surface area (Å²) in [5.74, 6) is -0.590. The number of hydrogen-bond donors (Lipinski definition) is 2. The molecule has 1 rings (SSSR count). The molecule has 0 heterocycles. The Morgan fingerprint density at radius 2 is 2.00 bits per heavy atom. The van der Waals surface area contributed by atoms with Gasteiger partial charge in [-0.3, -0.25) is 0 Å². The van der Waals surface area contributed by atoms with Crippen LogP contribution in [0, 0.1) is 23.5 Å². The van der Waals surface area contributed by atoms with E-state index in [9.17, 15) is 8.78 Å². The van der Waals surface area contributed by atoms with Crippen molar-refractivity contribution < 1.29 is 13.9 Å². The van der Waals surface area contributed by atoms with Crippen LogP contribution in [0.2, 0.25) is 0 Å². The Kier molecular flexibility index (Phi) is 5.51. The van der Waals surface area contributed by atoms with Gasteiger partial charge in [0, 0.05) is 31.3 Å². The van der Waals surface area contributed by atoms with Crippen LogP contribution >= 0.6 is 0 Å². The third kappa shape index (κ3) is 4.40. The number of hydrogen-bond acceptors (Lipinski definition) is 2. The largest absolute Gasteiger partial charge is 0.396 e. The van der Waals surface area contributed by atoms with E-state index in [1.807, 2.05) is 13.8 Å². The second kappa shape index (κ2) is 6.67. The Morgan fingerprint density at radius 3 is 2.53 bits per heavy atom. The lowest BCUT2D eigenvalue weighted by atomic mass is 9.97. The average Bonchev–Trinajstić information content (AvgIpc) is 2.26. The van der Waals surface area contributed by atoms with E-state index >= 15 is 0 Å². The fourth-order valence-corrected chi connectivity index (χ4v) is 1.57. The standard InChI is InChI=1S/C13H19F2NO/c1-9(2)11(8-17)7-16-6-10-3-4-12(14)5-13(10)15/h3-5,9,11,16-17H,6-8H2,1-2H3. The van der Waals surface area contributed by atoms with Crippen LogP contribution in [0.5, 0.6) is 0 Å². The summed E-state index contributed by atoms with van der Waals surface area (Å²) in [7, 11) is 0. The number of aliphatic hydroxyl groups excluding tert-OH is 1. The fraction of sp³-hybridized carbons (Fsp3) is 0.538. The van der Waals surface area contributed by atoms with Crippen molar-refractivity contribution in [2.45, 2.75) is 20.4 Å². The molecule has 0 aliphatic rings. The molecule has 4 heteroatoms. The Labute approximate surface area is 101 Å². The maximum absolute atomic E-state index is 13.3. The van der Waals surface area contributed by atoms with Crippen LogP contribution in [0.15, 0.2) is 18.2 Å². The van der Waals surface area contributed by atoms with Crippen LogP contribution in [-0.4, -0.2) is 18.3 Å². The first kappa shape index (κ1) is 14.1. The molecule has 0 amide bonds. The van der Waals surface area contributed by atoms with Gasteiger partial charge in [-0.25, -0.2) is 8.78 Å². The molecule has 1 aromatic carbocycles. The van der Waals surface area contributed by atoms with Gasteiger partial charge in [-0.2, -0.15) is 0 Å². The maximum Gasteiger partial charge on any atom is 0.130 e. The van der Waals surface area contributed by atoms with Gasteiger partial charge in [0.15, 0.2) is 0 Å². The van der Waals surface area contributed by atoms with Crippen molar-refractivity contribution >= 4 is 0 Å².